The summed E-state index contributed by atoms with van der Waals surface area (Å²) in [6.07, 6.45) is 0. The largest absolute Gasteiger partial charge is 0.478 e. The van der Waals surface area contributed by atoms with Gasteiger partial charge in [-0.15, -0.1) is 0 Å². The van der Waals surface area contributed by atoms with E-state index in [2.05, 4.69) is 5.10 Å². The van der Waals surface area contributed by atoms with Gasteiger partial charge in [0.1, 0.15) is 0 Å². The summed E-state index contributed by atoms with van der Waals surface area (Å²) in [5.74, 6) is -1.38. The predicted octanol–water partition coefficient (Wildman–Crippen LogP) is 2.87. The van der Waals surface area contributed by atoms with Gasteiger partial charge in [-0.2, -0.15) is 5.10 Å². The minimum atomic E-state index is -1.03. The fraction of sp³-hybridized carbons (Fsp3) is 0.312. The SMILES string of the molecule is CCOC(=O)c1cc(C(C)C)nn1-c1cccc(C(=O)O)c1. The van der Waals surface area contributed by atoms with E-state index >= 15 is 0 Å². The quantitative estimate of drug-likeness (QED) is 0.859. The summed E-state index contributed by atoms with van der Waals surface area (Å²) in [5, 5.41) is 13.5. The fourth-order valence-corrected chi connectivity index (χ4v) is 2.00. The van der Waals surface area contributed by atoms with Crippen LogP contribution < -0.4 is 0 Å². The van der Waals surface area contributed by atoms with Crippen molar-refractivity contribution < 1.29 is 19.4 Å². The number of nitrogens with zero attached hydrogens (tertiary/aromatic N) is 2. The molecule has 0 saturated heterocycles. The molecule has 0 spiro atoms. The van der Waals surface area contributed by atoms with Gasteiger partial charge in [0.2, 0.25) is 0 Å². The molecule has 1 aromatic carbocycles. The highest BCUT2D eigenvalue weighted by molar-refractivity contribution is 5.90. The highest BCUT2D eigenvalue weighted by Crippen LogP contribution is 2.20. The molecule has 1 aromatic heterocycles. The van der Waals surface area contributed by atoms with Gasteiger partial charge in [-0.25, -0.2) is 14.3 Å². The summed E-state index contributed by atoms with van der Waals surface area (Å²) in [4.78, 5) is 23.2. The van der Waals surface area contributed by atoms with Crippen LogP contribution in [0.15, 0.2) is 30.3 Å². The first-order chi connectivity index (χ1) is 10.4. The lowest BCUT2D eigenvalue weighted by atomic mass is 10.1. The number of hydrogen-bond acceptors (Lipinski definition) is 4. The molecular weight excluding hydrogens is 284 g/mol. The van der Waals surface area contributed by atoms with Gasteiger partial charge >= 0.3 is 11.9 Å². The van der Waals surface area contributed by atoms with Gasteiger partial charge in [-0.1, -0.05) is 19.9 Å². The smallest absolute Gasteiger partial charge is 0.357 e. The van der Waals surface area contributed by atoms with Crippen molar-refractivity contribution in [3.63, 3.8) is 0 Å². The maximum atomic E-state index is 12.1. The molecule has 0 amide bonds. The highest BCUT2D eigenvalue weighted by Gasteiger charge is 2.19. The molecule has 0 saturated carbocycles. The fourth-order valence-electron chi connectivity index (χ4n) is 2.00. The third-order valence-corrected chi connectivity index (χ3v) is 3.14. The molecule has 2 rings (SSSR count). The minimum Gasteiger partial charge on any atom is -0.478 e. The maximum absolute atomic E-state index is 12.1. The van der Waals surface area contributed by atoms with Crippen molar-refractivity contribution in [3.8, 4) is 5.69 Å². The van der Waals surface area contributed by atoms with Crippen molar-refractivity contribution in [1.82, 2.24) is 9.78 Å². The summed E-state index contributed by atoms with van der Waals surface area (Å²) in [6.45, 7) is 5.92. The Bertz CT molecular complexity index is 704. The Morgan fingerprint density at radius 3 is 2.64 bits per heavy atom. The number of esters is 1. The summed E-state index contributed by atoms with van der Waals surface area (Å²) in [5.41, 5.74) is 1.67. The van der Waals surface area contributed by atoms with Crippen LogP contribution in [0.1, 0.15) is 53.2 Å². The number of carboxylic acid groups (broad SMARTS) is 1. The van der Waals surface area contributed by atoms with E-state index < -0.39 is 11.9 Å². The molecular formula is C16H18N2O4. The van der Waals surface area contributed by atoms with Crippen LogP contribution >= 0.6 is 0 Å². The lowest BCUT2D eigenvalue weighted by Gasteiger charge is -2.07. The molecule has 0 aliphatic heterocycles. The number of carbonyl (C=O) groups excluding carboxylic acids is 1. The lowest BCUT2D eigenvalue weighted by Crippen LogP contribution is -2.12. The molecule has 0 fully saturated rings. The Morgan fingerprint density at radius 2 is 2.05 bits per heavy atom. The van der Waals surface area contributed by atoms with Crippen molar-refractivity contribution in [1.29, 1.82) is 0 Å². The molecule has 1 N–H and O–H groups in total. The molecule has 0 radical (unpaired) electrons. The number of carboxylic acids is 1. The van der Waals surface area contributed by atoms with Crippen LogP contribution in [0.5, 0.6) is 0 Å². The number of aromatic carboxylic acids is 1. The molecule has 0 atom stereocenters. The average Bonchev–Trinajstić information content (AvgIpc) is 2.93. The zero-order valence-electron chi connectivity index (χ0n) is 12.7. The molecule has 0 bridgehead atoms. The van der Waals surface area contributed by atoms with Gasteiger partial charge in [0.25, 0.3) is 0 Å². The topological polar surface area (TPSA) is 81.4 Å². The van der Waals surface area contributed by atoms with Crippen LogP contribution in [0.4, 0.5) is 0 Å². The maximum Gasteiger partial charge on any atom is 0.357 e. The van der Waals surface area contributed by atoms with Crippen molar-refractivity contribution in [2.45, 2.75) is 26.7 Å². The summed E-state index contributed by atoms with van der Waals surface area (Å²) < 4.78 is 6.48. The van der Waals surface area contributed by atoms with E-state index in [1.165, 1.54) is 16.8 Å². The first-order valence-corrected chi connectivity index (χ1v) is 7.04. The zero-order valence-corrected chi connectivity index (χ0v) is 12.7. The number of carbonyl (C=O) groups is 2. The second kappa shape index (κ2) is 6.43. The second-order valence-corrected chi connectivity index (χ2v) is 5.10. The Hall–Kier alpha value is -2.63. The van der Waals surface area contributed by atoms with E-state index in [0.717, 1.165) is 5.69 Å². The number of hydrogen-bond donors (Lipinski definition) is 1. The van der Waals surface area contributed by atoms with Crippen molar-refractivity contribution >= 4 is 11.9 Å². The van der Waals surface area contributed by atoms with Crippen molar-refractivity contribution in [2.24, 2.45) is 0 Å². The van der Waals surface area contributed by atoms with Gasteiger partial charge < -0.3 is 9.84 Å². The van der Waals surface area contributed by atoms with E-state index in [-0.39, 0.29) is 23.8 Å². The van der Waals surface area contributed by atoms with E-state index in [9.17, 15) is 9.59 Å². The van der Waals surface area contributed by atoms with Gasteiger partial charge in [0.15, 0.2) is 5.69 Å². The Kier molecular flexibility index (Phi) is 4.60. The third kappa shape index (κ3) is 3.16. The van der Waals surface area contributed by atoms with Crippen molar-refractivity contribution in [3.05, 3.63) is 47.3 Å². The molecule has 1 heterocycles. The summed E-state index contributed by atoms with van der Waals surface area (Å²) in [7, 11) is 0. The number of benzene rings is 1. The first kappa shape index (κ1) is 15.8. The molecule has 2 aromatic rings. The van der Waals surface area contributed by atoms with E-state index in [1.54, 1.807) is 25.1 Å². The standard InChI is InChI=1S/C16H18N2O4/c1-4-22-16(21)14-9-13(10(2)3)17-18(14)12-7-5-6-11(8-12)15(19)20/h5-10H,4H2,1-3H3,(H,19,20). The lowest BCUT2D eigenvalue weighted by molar-refractivity contribution is 0.0515. The predicted molar refractivity (Wildman–Crippen MR) is 80.6 cm³/mol. The number of rotatable bonds is 5. The van der Waals surface area contributed by atoms with Gasteiger partial charge in [-0.3, -0.25) is 0 Å². The summed E-state index contributed by atoms with van der Waals surface area (Å²) >= 11 is 0. The van der Waals surface area contributed by atoms with Crippen LogP contribution in [0.2, 0.25) is 0 Å². The van der Waals surface area contributed by atoms with Crippen molar-refractivity contribution in [2.75, 3.05) is 6.61 Å². The van der Waals surface area contributed by atoms with Crippen LogP contribution in [-0.4, -0.2) is 33.4 Å². The van der Waals surface area contributed by atoms with Crippen LogP contribution in [0, 0.1) is 0 Å². The summed E-state index contributed by atoms with van der Waals surface area (Å²) in [6, 6.07) is 7.96. The molecule has 6 heteroatoms. The highest BCUT2D eigenvalue weighted by atomic mass is 16.5. The Morgan fingerprint density at radius 1 is 1.32 bits per heavy atom. The van der Waals surface area contributed by atoms with E-state index in [0.29, 0.717) is 5.69 Å². The first-order valence-electron chi connectivity index (χ1n) is 7.04. The van der Waals surface area contributed by atoms with E-state index in [1.807, 2.05) is 13.8 Å². The molecule has 0 unspecified atom stereocenters. The third-order valence-electron chi connectivity index (χ3n) is 3.14. The van der Waals surface area contributed by atoms with Crippen LogP contribution in [0.25, 0.3) is 5.69 Å². The van der Waals surface area contributed by atoms with Crippen LogP contribution in [0.3, 0.4) is 0 Å². The van der Waals surface area contributed by atoms with Gasteiger partial charge in [0.05, 0.1) is 23.6 Å². The van der Waals surface area contributed by atoms with Gasteiger partial charge in [0, 0.05) is 0 Å². The minimum absolute atomic E-state index is 0.133. The number of aromatic nitrogens is 2. The monoisotopic (exact) mass is 302 g/mol. The molecule has 6 nitrogen and oxygen atoms in total. The number of ether oxygens (including phenoxy) is 1. The molecule has 116 valence electrons. The molecule has 0 aliphatic carbocycles. The zero-order chi connectivity index (χ0) is 16.3. The Labute approximate surface area is 128 Å². The average molecular weight is 302 g/mol. The van der Waals surface area contributed by atoms with E-state index in [4.69, 9.17) is 9.84 Å². The normalized spacial score (nSPS) is 10.7. The Balaban J connectivity index is 2.55. The van der Waals surface area contributed by atoms with Crippen LogP contribution in [-0.2, 0) is 4.74 Å². The van der Waals surface area contributed by atoms with Gasteiger partial charge in [-0.05, 0) is 37.1 Å². The second-order valence-electron chi connectivity index (χ2n) is 5.10. The molecule has 0 aliphatic rings. The molecule has 22 heavy (non-hydrogen) atoms.